The van der Waals surface area contributed by atoms with Gasteiger partial charge in [0.1, 0.15) is 11.6 Å². The average Bonchev–Trinajstić information content (AvgIpc) is 2.65. The van der Waals surface area contributed by atoms with E-state index in [0.717, 1.165) is 18.9 Å². The van der Waals surface area contributed by atoms with Crippen molar-refractivity contribution in [3.05, 3.63) is 65.5 Å². The molecule has 2 N–H and O–H groups in total. The SMILES string of the molecule is CCCc1ccc(OCC(=O)NCCNC(=O)c2cccc(F)c2)cc1. The summed E-state index contributed by atoms with van der Waals surface area (Å²) in [5, 5.41) is 5.26. The van der Waals surface area contributed by atoms with Crippen molar-refractivity contribution in [3.63, 3.8) is 0 Å². The van der Waals surface area contributed by atoms with Crippen LogP contribution in [0.4, 0.5) is 4.39 Å². The molecule has 26 heavy (non-hydrogen) atoms. The lowest BCUT2D eigenvalue weighted by Crippen LogP contribution is -2.36. The Kier molecular flexibility index (Phi) is 7.61. The lowest BCUT2D eigenvalue weighted by molar-refractivity contribution is -0.123. The van der Waals surface area contributed by atoms with Gasteiger partial charge < -0.3 is 15.4 Å². The maximum absolute atomic E-state index is 13.1. The van der Waals surface area contributed by atoms with Gasteiger partial charge in [0, 0.05) is 18.7 Å². The molecule has 0 unspecified atom stereocenters. The van der Waals surface area contributed by atoms with Crippen LogP contribution in [-0.2, 0) is 11.2 Å². The predicted octanol–water partition coefficient (Wildman–Crippen LogP) is 2.70. The summed E-state index contributed by atoms with van der Waals surface area (Å²) in [6, 6.07) is 13.1. The Morgan fingerprint density at radius 2 is 1.77 bits per heavy atom. The molecule has 138 valence electrons. The fourth-order valence-electron chi connectivity index (χ4n) is 2.35. The van der Waals surface area contributed by atoms with Crippen LogP contribution < -0.4 is 15.4 Å². The van der Waals surface area contributed by atoms with Gasteiger partial charge in [-0.25, -0.2) is 4.39 Å². The molecule has 0 radical (unpaired) electrons. The Hall–Kier alpha value is -2.89. The molecule has 2 rings (SSSR count). The van der Waals surface area contributed by atoms with Crippen LogP contribution in [0.1, 0.15) is 29.3 Å². The molecule has 0 fully saturated rings. The van der Waals surface area contributed by atoms with Gasteiger partial charge in [-0.15, -0.1) is 0 Å². The highest BCUT2D eigenvalue weighted by molar-refractivity contribution is 5.94. The molecular weight excluding hydrogens is 335 g/mol. The Morgan fingerprint density at radius 3 is 2.46 bits per heavy atom. The standard InChI is InChI=1S/C20H23FN2O3/c1-2-4-15-7-9-18(10-8-15)26-14-19(24)22-11-12-23-20(25)16-5-3-6-17(21)13-16/h3,5-10,13H,2,4,11-12,14H2,1H3,(H,22,24)(H,23,25). The van der Waals surface area contributed by atoms with Crippen LogP contribution in [0.15, 0.2) is 48.5 Å². The maximum Gasteiger partial charge on any atom is 0.258 e. The highest BCUT2D eigenvalue weighted by atomic mass is 19.1. The van der Waals surface area contributed by atoms with E-state index in [0.29, 0.717) is 5.75 Å². The summed E-state index contributed by atoms with van der Waals surface area (Å²) in [6.07, 6.45) is 2.10. The second-order valence-electron chi connectivity index (χ2n) is 5.80. The van der Waals surface area contributed by atoms with E-state index < -0.39 is 5.82 Å². The summed E-state index contributed by atoms with van der Waals surface area (Å²) in [5.74, 6) is -0.491. The third-order valence-electron chi connectivity index (χ3n) is 3.65. The maximum atomic E-state index is 13.1. The van der Waals surface area contributed by atoms with Crippen molar-refractivity contribution < 1.29 is 18.7 Å². The van der Waals surface area contributed by atoms with E-state index in [1.54, 1.807) is 0 Å². The zero-order valence-corrected chi connectivity index (χ0v) is 14.8. The Bertz CT molecular complexity index is 732. The molecule has 2 aromatic rings. The lowest BCUT2D eigenvalue weighted by Gasteiger charge is -2.09. The summed E-state index contributed by atoms with van der Waals surface area (Å²) in [6.45, 7) is 2.53. The van der Waals surface area contributed by atoms with Crippen molar-refractivity contribution in [1.82, 2.24) is 10.6 Å². The van der Waals surface area contributed by atoms with E-state index >= 15 is 0 Å². The number of carbonyl (C=O) groups excluding carboxylic acids is 2. The van der Waals surface area contributed by atoms with E-state index in [1.807, 2.05) is 24.3 Å². The lowest BCUT2D eigenvalue weighted by atomic mass is 10.1. The number of rotatable bonds is 9. The number of nitrogens with one attached hydrogen (secondary N) is 2. The summed E-state index contributed by atoms with van der Waals surface area (Å²) in [5.41, 5.74) is 1.48. The number of hydrogen-bond donors (Lipinski definition) is 2. The molecular formula is C20H23FN2O3. The highest BCUT2D eigenvalue weighted by Crippen LogP contribution is 2.13. The minimum Gasteiger partial charge on any atom is -0.484 e. The number of hydrogen-bond acceptors (Lipinski definition) is 3. The summed E-state index contributed by atoms with van der Waals surface area (Å²) in [7, 11) is 0. The van der Waals surface area contributed by atoms with Crippen LogP contribution in [0, 0.1) is 5.82 Å². The first kappa shape index (κ1) is 19.4. The molecule has 2 aromatic carbocycles. The Balaban J connectivity index is 1.63. The van der Waals surface area contributed by atoms with Gasteiger partial charge in [0.15, 0.2) is 6.61 Å². The first-order valence-electron chi connectivity index (χ1n) is 8.60. The van der Waals surface area contributed by atoms with Crippen LogP contribution in [0.2, 0.25) is 0 Å². The number of amides is 2. The first-order valence-corrected chi connectivity index (χ1v) is 8.60. The van der Waals surface area contributed by atoms with Gasteiger partial charge in [-0.05, 0) is 42.3 Å². The number of carbonyl (C=O) groups is 2. The summed E-state index contributed by atoms with van der Waals surface area (Å²) < 4.78 is 18.5. The normalized spacial score (nSPS) is 10.2. The topological polar surface area (TPSA) is 67.4 Å². The molecule has 0 aliphatic carbocycles. The van der Waals surface area contributed by atoms with E-state index in [2.05, 4.69) is 17.6 Å². The number of aryl methyl sites for hydroxylation is 1. The van der Waals surface area contributed by atoms with E-state index in [1.165, 1.54) is 23.8 Å². The minimum atomic E-state index is -0.467. The van der Waals surface area contributed by atoms with Crippen molar-refractivity contribution >= 4 is 11.8 Å². The second-order valence-corrected chi connectivity index (χ2v) is 5.80. The monoisotopic (exact) mass is 358 g/mol. The zero-order valence-electron chi connectivity index (χ0n) is 14.8. The molecule has 0 aliphatic heterocycles. The Labute approximate surface area is 152 Å². The van der Waals surface area contributed by atoms with Crippen molar-refractivity contribution in [2.75, 3.05) is 19.7 Å². The van der Waals surface area contributed by atoms with Gasteiger partial charge in [0.25, 0.3) is 11.8 Å². The smallest absolute Gasteiger partial charge is 0.258 e. The van der Waals surface area contributed by atoms with Crippen LogP contribution in [0.3, 0.4) is 0 Å². The first-order chi connectivity index (χ1) is 12.6. The third kappa shape index (κ3) is 6.55. The van der Waals surface area contributed by atoms with E-state index in [9.17, 15) is 14.0 Å². The fraction of sp³-hybridized carbons (Fsp3) is 0.300. The van der Waals surface area contributed by atoms with Crippen LogP contribution in [0.5, 0.6) is 5.75 Å². The molecule has 0 saturated heterocycles. The fourth-order valence-corrected chi connectivity index (χ4v) is 2.35. The van der Waals surface area contributed by atoms with Gasteiger partial charge in [0.05, 0.1) is 0 Å². The van der Waals surface area contributed by atoms with E-state index in [-0.39, 0.29) is 37.1 Å². The zero-order chi connectivity index (χ0) is 18.8. The second kappa shape index (κ2) is 10.2. The number of halogens is 1. The molecule has 0 bridgehead atoms. The molecule has 0 heterocycles. The minimum absolute atomic E-state index is 0.0923. The highest BCUT2D eigenvalue weighted by Gasteiger charge is 2.06. The summed E-state index contributed by atoms with van der Waals surface area (Å²) in [4.78, 5) is 23.6. The van der Waals surface area contributed by atoms with Crippen LogP contribution >= 0.6 is 0 Å². The molecule has 0 saturated carbocycles. The number of ether oxygens (including phenoxy) is 1. The van der Waals surface area contributed by atoms with Crippen molar-refractivity contribution in [2.45, 2.75) is 19.8 Å². The van der Waals surface area contributed by atoms with E-state index in [4.69, 9.17) is 4.74 Å². The van der Waals surface area contributed by atoms with Gasteiger partial charge in [-0.3, -0.25) is 9.59 Å². The van der Waals surface area contributed by atoms with Crippen molar-refractivity contribution in [2.24, 2.45) is 0 Å². The Morgan fingerprint density at radius 1 is 1.04 bits per heavy atom. The molecule has 0 aromatic heterocycles. The molecule has 0 spiro atoms. The quantitative estimate of drug-likeness (QED) is 0.677. The third-order valence-corrected chi connectivity index (χ3v) is 3.65. The molecule has 6 heteroatoms. The number of benzene rings is 2. The van der Waals surface area contributed by atoms with Gasteiger partial charge >= 0.3 is 0 Å². The average molecular weight is 358 g/mol. The van der Waals surface area contributed by atoms with Crippen molar-refractivity contribution in [3.8, 4) is 5.75 Å². The van der Waals surface area contributed by atoms with Crippen LogP contribution in [0.25, 0.3) is 0 Å². The molecule has 5 nitrogen and oxygen atoms in total. The molecule has 2 amide bonds. The van der Waals surface area contributed by atoms with Gasteiger partial charge in [-0.2, -0.15) is 0 Å². The van der Waals surface area contributed by atoms with Gasteiger partial charge in [-0.1, -0.05) is 31.5 Å². The largest absolute Gasteiger partial charge is 0.484 e. The molecule has 0 atom stereocenters. The van der Waals surface area contributed by atoms with Gasteiger partial charge in [0.2, 0.25) is 0 Å². The molecule has 0 aliphatic rings. The van der Waals surface area contributed by atoms with Crippen molar-refractivity contribution in [1.29, 1.82) is 0 Å². The van der Waals surface area contributed by atoms with Crippen LogP contribution in [-0.4, -0.2) is 31.5 Å². The predicted molar refractivity (Wildman–Crippen MR) is 97.7 cm³/mol. The summed E-state index contributed by atoms with van der Waals surface area (Å²) >= 11 is 0.